The molecule has 2 atom stereocenters. The average Bonchev–Trinajstić information content (AvgIpc) is 3.71. The Kier molecular flexibility index (Phi) is 12.3. The summed E-state index contributed by atoms with van der Waals surface area (Å²) in [7, 11) is -8.10. The number of rotatable bonds is 12. The van der Waals surface area contributed by atoms with Crippen molar-refractivity contribution in [3.63, 3.8) is 0 Å². The lowest BCUT2D eigenvalue weighted by atomic mass is 9.72. The Labute approximate surface area is 370 Å². The second kappa shape index (κ2) is 17.6. The molecule has 2 aliphatic heterocycles. The van der Waals surface area contributed by atoms with E-state index in [1.807, 2.05) is 18.2 Å². The fraction of sp³-hybridized carbons (Fsp3) is 0.364. The minimum Gasteiger partial charge on any atom is -0.493 e. The maximum atomic E-state index is 14.0. The monoisotopic (exact) mass is 917 g/mol. The molecule has 4 heterocycles. The first-order chi connectivity index (χ1) is 29.9. The highest BCUT2D eigenvalue weighted by Gasteiger charge is 2.33. The number of nitro groups is 1. The Morgan fingerprint density at radius 3 is 2.59 bits per heavy atom. The van der Waals surface area contributed by atoms with Crippen LogP contribution in [-0.4, -0.2) is 95.0 Å². The smallest absolute Gasteiger partial charge is 0.277 e. The highest BCUT2D eigenvalue weighted by Crippen LogP contribution is 2.44. The molecule has 1 unspecified atom stereocenters. The molecular formula is C44H48ClN7O9S2. The zero-order chi connectivity index (χ0) is 44.7. The van der Waals surface area contributed by atoms with Crippen molar-refractivity contribution in [1.82, 2.24) is 19.6 Å². The first-order valence-electron chi connectivity index (χ1n) is 20.5. The van der Waals surface area contributed by atoms with E-state index in [-0.39, 0.29) is 47.6 Å². The number of fused-ring (bicyclic) bond motifs is 2. The van der Waals surface area contributed by atoms with Crippen molar-refractivity contribution in [2.75, 3.05) is 57.0 Å². The van der Waals surface area contributed by atoms with Crippen LogP contribution in [0.4, 0.5) is 11.4 Å². The van der Waals surface area contributed by atoms with Crippen LogP contribution in [0.5, 0.6) is 17.2 Å². The van der Waals surface area contributed by atoms with Crippen LogP contribution in [0.15, 0.2) is 94.0 Å². The molecule has 1 aliphatic carbocycles. The SMILES string of the molecule is CC1(C)CCC(CN2CCN(c3ccc(C(=O)NS(=O)(=O)c4cc5c(c([N+](=O)[O-])c4)C[C@H](CN=S(C)(=O)O)CO5)c(Oc4cnc5[nH]ccc5c4)c3)CC2)=C(c2ccc(Cl)cc2)C1. The number of H-pyrrole nitrogens is 1. The van der Waals surface area contributed by atoms with Crippen LogP contribution in [0.3, 0.4) is 0 Å². The number of nitrogens with zero attached hydrogens (tertiary/aromatic N) is 5. The Morgan fingerprint density at radius 1 is 1.10 bits per heavy atom. The van der Waals surface area contributed by atoms with Gasteiger partial charge in [0.1, 0.15) is 22.9 Å². The topological polar surface area (TPSA) is 210 Å². The number of benzene rings is 3. The lowest BCUT2D eigenvalue weighted by Crippen LogP contribution is -2.47. The number of amides is 1. The summed E-state index contributed by atoms with van der Waals surface area (Å²) < 4.78 is 66.7. The molecule has 0 saturated carbocycles. The number of nitro benzene ring substituents is 1. The molecule has 16 nitrogen and oxygen atoms in total. The third kappa shape index (κ3) is 10.3. The zero-order valence-corrected chi connectivity index (χ0v) is 37.4. The van der Waals surface area contributed by atoms with Gasteiger partial charge in [0.05, 0.1) is 40.3 Å². The number of hydrogen-bond donors (Lipinski definition) is 3. The molecule has 8 rings (SSSR count). The average molecular weight is 918 g/mol. The Bertz CT molecular complexity index is 2860. The predicted molar refractivity (Wildman–Crippen MR) is 242 cm³/mol. The largest absolute Gasteiger partial charge is 0.493 e. The van der Waals surface area contributed by atoms with E-state index in [2.05, 4.69) is 54.8 Å². The summed E-state index contributed by atoms with van der Waals surface area (Å²) in [6.45, 7) is 8.37. The molecule has 1 amide bonds. The molecule has 5 aromatic rings. The van der Waals surface area contributed by atoms with Crippen molar-refractivity contribution >= 4 is 65.5 Å². The Morgan fingerprint density at radius 2 is 1.86 bits per heavy atom. The van der Waals surface area contributed by atoms with E-state index >= 15 is 0 Å². The molecule has 332 valence electrons. The van der Waals surface area contributed by atoms with Gasteiger partial charge in [-0.15, -0.1) is 0 Å². The molecule has 3 aromatic carbocycles. The van der Waals surface area contributed by atoms with Crippen molar-refractivity contribution in [1.29, 1.82) is 0 Å². The summed E-state index contributed by atoms with van der Waals surface area (Å²) in [6.07, 6.45) is 7.49. The van der Waals surface area contributed by atoms with Crippen LogP contribution in [0.1, 0.15) is 54.6 Å². The van der Waals surface area contributed by atoms with Gasteiger partial charge in [-0.2, -0.15) is 0 Å². The molecule has 63 heavy (non-hydrogen) atoms. The minimum atomic E-state index is -4.70. The van der Waals surface area contributed by atoms with E-state index in [9.17, 15) is 32.1 Å². The van der Waals surface area contributed by atoms with Gasteiger partial charge in [-0.1, -0.05) is 43.2 Å². The van der Waals surface area contributed by atoms with Gasteiger partial charge < -0.3 is 23.9 Å². The summed E-state index contributed by atoms with van der Waals surface area (Å²) >= 11 is 6.23. The van der Waals surface area contributed by atoms with Crippen LogP contribution in [0.25, 0.3) is 16.6 Å². The molecule has 3 aliphatic rings. The number of allylic oxidation sites excluding steroid dienone is 1. The predicted octanol–water partition coefficient (Wildman–Crippen LogP) is 7.94. The fourth-order valence-electron chi connectivity index (χ4n) is 8.39. The number of aromatic nitrogens is 2. The Hall–Kier alpha value is -5.53. The van der Waals surface area contributed by atoms with Crippen LogP contribution in [0.2, 0.25) is 5.02 Å². The number of ether oxygens (including phenoxy) is 2. The molecule has 0 spiro atoms. The van der Waals surface area contributed by atoms with E-state index in [1.165, 1.54) is 29.0 Å². The number of carbonyl (C=O) groups excluding carboxylic acids is 1. The molecule has 1 saturated heterocycles. The fourth-order valence-corrected chi connectivity index (χ4v) is 10.0. The molecule has 3 N–H and O–H groups in total. The lowest BCUT2D eigenvalue weighted by molar-refractivity contribution is -0.386. The lowest BCUT2D eigenvalue weighted by Gasteiger charge is -2.39. The number of halogens is 1. The van der Waals surface area contributed by atoms with Crippen LogP contribution in [0, 0.1) is 21.4 Å². The van der Waals surface area contributed by atoms with Gasteiger partial charge in [-0.05, 0) is 78.6 Å². The summed E-state index contributed by atoms with van der Waals surface area (Å²) in [5, 5.41) is 13.7. The third-order valence-electron chi connectivity index (χ3n) is 11.8. The number of anilines is 1. The molecular weight excluding hydrogens is 870 g/mol. The standard InChI is InChI=1S/C44H48ClN7O9S2/c1-44(2)12-10-31(38(23-44)29-4-6-32(45)7-5-29)26-50-14-16-51(17-15-50)33-8-9-36(41(20-33)61-34-19-30-11-13-46-42(30)47-25-34)43(53)49-63(58,59)35-21-39(52(54)55)37-18-28(24-48-62(3,56)57)27-60-40(37)22-35/h4-9,11,13,19-22,25,28H,10,12,14-18,23-24,26-27H2,1-3H3,(H,46,47)(H,49,53)(H,48,56,57)/t28-/m1/s1. The van der Waals surface area contributed by atoms with Gasteiger partial charge in [0.2, 0.25) is 0 Å². The Balaban J connectivity index is 1.03. The number of carbonyl (C=O) groups is 1. The van der Waals surface area contributed by atoms with Gasteiger partial charge in [0.15, 0.2) is 10.0 Å². The molecule has 1 fully saturated rings. The first kappa shape index (κ1) is 44.1. The van der Waals surface area contributed by atoms with Crippen molar-refractivity contribution < 1.29 is 36.4 Å². The maximum Gasteiger partial charge on any atom is 0.277 e. The van der Waals surface area contributed by atoms with Crippen LogP contribution < -0.4 is 19.1 Å². The van der Waals surface area contributed by atoms with E-state index in [0.717, 1.165) is 68.4 Å². The van der Waals surface area contributed by atoms with Gasteiger partial charge in [-0.25, -0.2) is 26.7 Å². The highest BCUT2D eigenvalue weighted by atomic mass is 35.5. The van der Waals surface area contributed by atoms with E-state index < -0.39 is 47.4 Å². The quantitative estimate of drug-likeness (QED) is 0.0805. The normalized spacial score (nSPS) is 18.9. The summed E-state index contributed by atoms with van der Waals surface area (Å²) in [5.74, 6) is -1.12. The minimum absolute atomic E-state index is 0.0215. The van der Waals surface area contributed by atoms with Crippen molar-refractivity contribution in [3.8, 4) is 17.2 Å². The van der Waals surface area contributed by atoms with E-state index in [4.69, 9.17) is 21.1 Å². The van der Waals surface area contributed by atoms with Gasteiger partial charge in [0, 0.05) is 85.4 Å². The zero-order valence-electron chi connectivity index (χ0n) is 35.0. The van der Waals surface area contributed by atoms with E-state index in [1.54, 1.807) is 24.4 Å². The number of aromatic amines is 1. The molecule has 0 radical (unpaired) electrons. The summed E-state index contributed by atoms with van der Waals surface area (Å²) in [5.41, 5.74) is 5.16. The van der Waals surface area contributed by atoms with Gasteiger partial charge >= 0.3 is 0 Å². The number of pyridine rings is 1. The van der Waals surface area contributed by atoms with Crippen molar-refractivity contribution in [3.05, 3.63) is 117 Å². The summed E-state index contributed by atoms with van der Waals surface area (Å²) in [4.78, 5) is 37.0. The highest BCUT2D eigenvalue weighted by molar-refractivity contribution is 7.90. The summed E-state index contributed by atoms with van der Waals surface area (Å²) in [6, 6.07) is 18.6. The maximum absolute atomic E-state index is 14.0. The van der Waals surface area contributed by atoms with Gasteiger partial charge in [0.25, 0.3) is 21.6 Å². The molecule has 2 aromatic heterocycles. The van der Waals surface area contributed by atoms with Crippen molar-refractivity contribution in [2.24, 2.45) is 15.7 Å². The number of nitrogens with one attached hydrogen (secondary N) is 2. The van der Waals surface area contributed by atoms with Gasteiger partial charge in [-0.3, -0.25) is 19.8 Å². The second-order valence-electron chi connectivity index (χ2n) is 17.1. The second-order valence-corrected chi connectivity index (χ2v) is 21.0. The van der Waals surface area contributed by atoms with E-state index in [0.29, 0.717) is 29.5 Å². The first-order valence-corrected chi connectivity index (χ1v) is 24.2. The van der Waals surface area contributed by atoms with Crippen molar-refractivity contribution in [2.45, 2.75) is 44.4 Å². The third-order valence-corrected chi connectivity index (χ3v) is 14.0. The van der Waals surface area contributed by atoms with Crippen LogP contribution >= 0.6 is 11.6 Å². The number of hydrogen-bond acceptors (Lipinski definition) is 12. The number of sulfonamides is 1. The molecule has 19 heteroatoms. The molecule has 0 bridgehead atoms. The van der Waals surface area contributed by atoms with Crippen LogP contribution in [-0.2, 0) is 26.5 Å². The number of piperazine rings is 1.